The zero-order chi connectivity index (χ0) is 14.7. The lowest BCUT2D eigenvalue weighted by Crippen LogP contribution is -2.26. The van der Waals surface area contributed by atoms with Crippen molar-refractivity contribution in [3.63, 3.8) is 0 Å². The first kappa shape index (κ1) is 14.0. The molecule has 1 aromatic heterocycles. The number of nitrogens with one attached hydrogen (secondary N) is 1. The predicted molar refractivity (Wildman–Crippen MR) is 83.6 cm³/mol. The second kappa shape index (κ2) is 6.24. The van der Waals surface area contributed by atoms with Gasteiger partial charge in [0.25, 0.3) is 0 Å². The zero-order valence-corrected chi connectivity index (χ0v) is 12.2. The second-order valence-electron chi connectivity index (χ2n) is 5.59. The molecule has 2 aromatic rings. The summed E-state index contributed by atoms with van der Waals surface area (Å²) in [4.78, 5) is 0. The van der Waals surface area contributed by atoms with Crippen molar-refractivity contribution in [3.05, 3.63) is 54.2 Å². The molecule has 1 aromatic carbocycles. The maximum absolute atomic E-state index is 9.17. The van der Waals surface area contributed by atoms with Gasteiger partial charge in [0.15, 0.2) is 0 Å². The number of aryl methyl sites for hydroxylation is 1. The zero-order valence-electron chi connectivity index (χ0n) is 12.2. The van der Waals surface area contributed by atoms with E-state index in [1.165, 1.54) is 5.56 Å². The molecule has 1 aliphatic rings. The number of benzene rings is 1. The summed E-state index contributed by atoms with van der Waals surface area (Å²) in [6, 6.07) is 10.6. The summed E-state index contributed by atoms with van der Waals surface area (Å²) in [5, 5.41) is 17.3. The molecule has 4 nitrogen and oxygen atoms in total. The first-order chi connectivity index (χ1) is 10.3. The van der Waals surface area contributed by atoms with Crippen LogP contribution in [0.5, 0.6) is 0 Å². The van der Waals surface area contributed by atoms with E-state index in [0.717, 1.165) is 24.2 Å². The van der Waals surface area contributed by atoms with E-state index < -0.39 is 0 Å². The SMILES string of the molecule is Cn1cc(CN[C@@H]2C=C[C@H](CO)C2)c(-c2ccccc2)n1. The van der Waals surface area contributed by atoms with Crippen molar-refractivity contribution in [2.24, 2.45) is 13.0 Å². The van der Waals surface area contributed by atoms with Gasteiger partial charge in [-0.25, -0.2) is 0 Å². The molecule has 0 unspecified atom stereocenters. The van der Waals surface area contributed by atoms with E-state index >= 15 is 0 Å². The molecule has 0 spiro atoms. The second-order valence-corrected chi connectivity index (χ2v) is 5.59. The van der Waals surface area contributed by atoms with Crippen molar-refractivity contribution in [1.82, 2.24) is 15.1 Å². The normalized spacial score (nSPS) is 21.0. The third-order valence-electron chi connectivity index (χ3n) is 3.91. The highest BCUT2D eigenvalue weighted by molar-refractivity contribution is 5.62. The van der Waals surface area contributed by atoms with Crippen LogP contribution in [0.4, 0.5) is 0 Å². The van der Waals surface area contributed by atoms with E-state index in [1.54, 1.807) is 0 Å². The fraction of sp³-hybridized carbons (Fsp3) is 0.353. The van der Waals surface area contributed by atoms with Crippen molar-refractivity contribution >= 4 is 0 Å². The van der Waals surface area contributed by atoms with Gasteiger partial charge >= 0.3 is 0 Å². The molecular weight excluding hydrogens is 262 g/mol. The first-order valence-corrected chi connectivity index (χ1v) is 7.37. The van der Waals surface area contributed by atoms with Crippen LogP contribution in [0, 0.1) is 5.92 Å². The van der Waals surface area contributed by atoms with Crippen molar-refractivity contribution in [3.8, 4) is 11.3 Å². The smallest absolute Gasteiger partial charge is 0.0967 e. The van der Waals surface area contributed by atoms with Crippen molar-refractivity contribution in [2.75, 3.05) is 6.61 Å². The summed E-state index contributed by atoms with van der Waals surface area (Å²) in [6.07, 6.45) is 7.29. The van der Waals surface area contributed by atoms with Crippen molar-refractivity contribution < 1.29 is 5.11 Å². The van der Waals surface area contributed by atoms with E-state index in [4.69, 9.17) is 0 Å². The topological polar surface area (TPSA) is 50.1 Å². The number of aliphatic hydroxyl groups excluding tert-OH is 1. The maximum atomic E-state index is 9.17. The third kappa shape index (κ3) is 3.23. The fourth-order valence-corrected chi connectivity index (χ4v) is 2.81. The standard InChI is InChI=1S/C17H21N3O/c1-20-11-15(10-18-16-8-7-13(9-16)12-21)17(19-20)14-5-3-2-4-6-14/h2-8,11,13,16,18,21H,9-10,12H2,1H3/t13-,16+/m0/s1. The number of hydrogen-bond donors (Lipinski definition) is 2. The molecular formula is C17H21N3O. The number of rotatable bonds is 5. The van der Waals surface area contributed by atoms with Crippen LogP contribution in [0.15, 0.2) is 48.7 Å². The number of nitrogens with zero attached hydrogens (tertiary/aromatic N) is 2. The van der Waals surface area contributed by atoms with Gasteiger partial charge in [0.2, 0.25) is 0 Å². The van der Waals surface area contributed by atoms with E-state index in [2.05, 4.69) is 40.9 Å². The van der Waals surface area contributed by atoms with E-state index in [9.17, 15) is 5.11 Å². The highest BCUT2D eigenvalue weighted by Crippen LogP contribution is 2.22. The molecule has 0 fully saturated rings. The highest BCUT2D eigenvalue weighted by atomic mass is 16.3. The Hall–Kier alpha value is -1.91. The van der Waals surface area contributed by atoms with E-state index in [0.29, 0.717) is 12.0 Å². The Labute approximate surface area is 125 Å². The molecule has 0 amide bonds. The maximum Gasteiger partial charge on any atom is 0.0967 e. The van der Waals surface area contributed by atoms with Crippen molar-refractivity contribution in [2.45, 2.75) is 19.0 Å². The molecule has 0 radical (unpaired) electrons. The van der Waals surface area contributed by atoms with Crippen LogP contribution in [0.3, 0.4) is 0 Å². The van der Waals surface area contributed by atoms with Gasteiger partial charge in [-0.15, -0.1) is 0 Å². The molecule has 21 heavy (non-hydrogen) atoms. The van der Waals surface area contributed by atoms with Gasteiger partial charge in [-0.3, -0.25) is 4.68 Å². The van der Waals surface area contributed by atoms with Crippen LogP contribution in [-0.2, 0) is 13.6 Å². The summed E-state index contributed by atoms with van der Waals surface area (Å²) < 4.78 is 1.86. The fourth-order valence-electron chi connectivity index (χ4n) is 2.81. The first-order valence-electron chi connectivity index (χ1n) is 7.37. The molecule has 2 N–H and O–H groups in total. The summed E-state index contributed by atoms with van der Waals surface area (Å²) >= 11 is 0. The number of hydrogen-bond acceptors (Lipinski definition) is 3. The Morgan fingerprint density at radius 2 is 2.10 bits per heavy atom. The van der Waals surface area contributed by atoms with E-state index in [1.807, 2.05) is 29.9 Å². The Kier molecular flexibility index (Phi) is 4.18. The quantitative estimate of drug-likeness (QED) is 0.826. The molecule has 2 atom stereocenters. The average molecular weight is 283 g/mol. The third-order valence-corrected chi connectivity index (χ3v) is 3.91. The molecule has 3 rings (SSSR count). The van der Waals surface area contributed by atoms with Gasteiger partial charge in [-0.1, -0.05) is 42.5 Å². The Morgan fingerprint density at radius 3 is 2.81 bits per heavy atom. The molecule has 0 aliphatic heterocycles. The van der Waals surface area contributed by atoms with Gasteiger partial charge in [-0.05, 0) is 6.42 Å². The highest BCUT2D eigenvalue weighted by Gasteiger charge is 2.18. The summed E-state index contributed by atoms with van der Waals surface area (Å²) in [6.45, 7) is 1.02. The molecule has 1 heterocycles. The molecule has 4 heteroatoms. The Balaban J connectivity index is 1.70. The molecule has 110 valence electrons. The number of aliphatic hydroxyl groups is 1. The van der Waals surface area contributed by atoms with Crippen LogP contribution in [0.25, 0.3) is 11.3 Å². The molecule has 0 saturated heterocycles. The summed E-state index contributed by atoms with van der Waals surface area (Å²) in [7, 11) is 1.95. The minimum absolute atomic E-state index is 0.233. The lowest BCUT2D eigenvalue weighted by molar-refractivity contribution is 0.246. The average Bonchev–Trinajstić information content (AvgIpc) is 3.12. The monoisotopic (exact) mass is 283 g/mol. The molecule has 0 bridgehead atoms. The molecule has 1 aliphatic carbocycles. The molecule has 0 saturated carbocycles. The summed E-state index contributed by atoms with van der Waals surface area (Å²) in [5.41, 5.74) is 3.38. The van der Waals surface area contributed by atoms with E-state index in [-0.39, 0.29) is 6.61 Å². The Morgan fingerprint density at radius 1 is 1.29 bits per heavy atom. The van der Waals surface area contributed by atoms with Gasteiger partial charge in [0, 0.05) is 49.5 Å². The number of aromatic nitrogens is 2. The lowest BCUT2D eigenvalue weighted by atomic mass is 10.1. The van der Waals surface area contributed by atoms with Gasteiger partial charge < -0.3 is 10.4 Å². The minimum Gasteiger partial charge on any atom is -0.396 e. The van der Waals surface area contributed by atoms with Crippen LogP contribution in [-0.4, -0.2) is 27.5 Å². The van der Waals surface area contributed by atoms with Crippen LogP contribution < -0.4 is 5.32 Å². The van der Waals surface area contributed by atoms with Gasteiger partial charge in [-0.2, -0.15) is 5.10 Å². The largest absolute Gasteiger partial charge is 0.396 e. The van der Waals surface area contributed by atoms with Crippen LogP contribution >= 0.6 is 0 Å². The summed E-state index contributed by atoms with van der Waals surface area (Å²) in [5.74, 6) is 0.296. The van der Waals surface area contributed by atoms with Gasteiger partial charge in [0.05, 0.1) is 5.69 Å². The van der Waals surface area contributed by atoms with Crippen LogP contribution in [0.1, 0.15) is 12.0 Å². The van der Waals surface area contributed by atoms with Gasteiger partial charge in [0.1, 0.15) is 0 Å². The predicted octanol–water partition coefficient (Wildman–Crippen LogP) is 2.11. The minimum atomic E-state index is 0.233. The van der Waals surface area contributed by atoms with Crippen LogP contribution in [0.2, 0.25) is 0 Å². The lowest BCUT2D eigenvalue weighted by Gasteiger charge is -2.12. The Bertz CT molecular complexity index is 618. The van der Waals surface area contributed by atoms with Crippen molar-refractivity contribution in [1.29, 1.82) is 0 Å².